The number of nitriles is 1. The highest BCUT2D eigenvalue weighted by Gasteiger charge is 2.22. The van der Waals surface area contributed by atoms with Crippen molar-refractivity contribution in [3.05, 3.63) is 27.8 Å². The molecular weight excluding hydrogens is 280 g/mol. The van der Waals surface area contributed by atoms with Crippen LogP contribution in [0, 0.1) is 21.4 Å². The van der Waals surface area contributed by atoms with Crippen molar-refractivity contribution in [1.29, 1.82) is 5.26 Å². The first-order valence-corrected chi connectivity index (χ1v) is 5.39. The summed E-state index contributed by atoms with van der Waals surface area (Å²) in [4.78, 5) is 17.3. The summed E-state index contributed by atoms with van der Waals surface area (Å²) in [6, 6.07) is 3.70. The summed E-state index contributed by atoms with van der Waals surface area (Å²) in [6.07, 6.45) is 0. The number of hydrogen-bond donors (Lipinski definition) is 4. The van der Waals surface area contributed by atoms with Gasteiger partial charge in [-0.15, -0.1) is 0 Å². The van der Waals surface area contributed by atoms with E-state index in [2.05, 4.69) is 9.97 Å². The van der Waals surface area contributed by atoms with Gasteiger partial charge >= 0.3 is 5.69 Å². The first-order valence-electron chi connectivity index (χ1n) is 5.39. The van der Waals surface area contributed by atoms with Crippen LogP contribution in [-0.2, 0) is 0 Å². The van der Waals surface area contributed by atoms with Crippen molar-refractivity contribution in [2.75, 3.05) is 11.5 Å². The quantitative estimate of drug-likeness (QED) is 0.346. The molecule has 0 radical (unpaired) electrons. The van der Waals surface area contributed by atoms with Gasteiger partial charge in [-0.3, -0.25) is 10.1 Å². The third-order valence-corrected chi connectivity index (χ3v) is 2.61. The topological polar surface area (TPSA) is 185 Å². The average Bonchev–Trinajstić information content (AvgIpc) is 2.40. The molecule has 6 N–H and O–H groups in total. The Bertz CT molecular complexity index is 798. The molecule has 0 spiro atoms. The Kier molecular flexibility index (Phi) is 3.17. The van der Waals surface area contributed by atoms with Crippen molar-refractivity contribution in [2.24, 2.45) is 0 Å². The van der Waals surface area contributed by atoms with Crippen molar-refractivity contribution in [1.82, 2.24) is 9.97 Å². The molecule has 1 aromatic heterocycles. The number of nitrogens with two attached hydrogens (primary N) is 2. The Morgan fingerprint density at radius 1 is 1.29 bits per heavy atom. The van der Waals surface area contributed by atoms with Crippen LogP contribution in [0.3, 0.4) is 0 Å². The minimum Gasteiger partial charge on any atom is -0.504 e. The lowest BCUT2D eigenvalue weighted by atomic mass is 10.1. The van der Waals surface area contributed by atoms with E-state index in [4.69, 9.17) is 16.7 Å². The molecule has 1 heterocycles. The summed E-state index contributed by atoms with van der Waals surface area (Å²) in [5.41, 5.74) is 9.98. The fourth-order valence-corrected chi connectivity index (χ4v) is 1.70. The van der Waals surface area contributed by atoms with Gasteiger partial charge in [-0.2, -0.15) is 10.2 Å². The molecule has 0 amide bonds. The van der Waals surface area contributed by atoms with Crippen LogP contribution >= 0.6 is 0 Å². The standard InChI is InChI=1S/C11H8N6O4/c12-3-5-8(15-11(14)16-10(5)13)4-1-6(17(20)21)9(19)7(18)2-4/h1-2,18-19H,(H4,13,14,15,16). The lowest BCUT2D eigenvalue weighted by Gasteiger charge is -2.08. The monoisotopic (exact) mass is 288 g/mol. The summed E-state index contributed by atoms with van der Waals surface area (Å²) in [7, 11) is 0. The second-order valence-electron chi connectivity index (χ2n) is 3.92. The molecule has 0 aliphatic heterocycles. The molecule has 0 atom stereocenters. The number of aromatic nitrogens is 2. The minimum atomic E-state index is -0.891. The molecule has 1 aromatic carbocycles. The molecule has 0 fully saturated rings. The molecular formula is C11H8N6O4. The second-order valence-corrected chi connectivity index (χ2v) is 3.92. The molecule has 0 saturated carbocycles. The number of nitro benzene ring substituents is 1. The molecule has 21 heavy (non-hydrogen) atoms. The van der Waals surface area contributed by atoms with Gasteiger partial charge in [0.05, 0.1) is 10.6 Å². The van der Waals surface area contributed by atoms with Crippen molar-refractivity contribution in [3.8, 4) is 28.8 Å². The van der Waals surface area contributed by atoms with Gasteiger partial charge in [-0.1, -0.05) is 0 Å². The fraction of sp³-hybridized carbons (Fsp3) is 0. The molecule has 2 aromatic rings. The van der Waals surface area contributed by atoms with Gasteiger partial charge in [0.25, 0.3) is 0 Å². The number of hydrogen-bond acceptors (Lipinski definition) is 9. The maximum Gasteiger partial charge on any atom is 0.315 e. The Balaban J connectivity index is 2.80. The van der Waals surface area contributed by atoms with Crippen LogP contribution < -0.4 is 11.5 Å². The third-order valence-electron chi connectivity index (χ3n) is 2.61. The van der Waals surface area contributed by atoms with Crippen LogP contribution in [0.25, 0.3) is 11.3 Å². The van der Waals surface area contributed by atoms with Crippen LogP contribution in [0.5, 0.6) is 11.5 Å². The summed E-state index contributed by atoms with van der Waals surface area (Å²) >= 11 is 0. The number of nitrogens with zero attached hydrogens (tertiary/aromatic N) is 4. The van der Waals surface area contributed by atoms with Crippen molar-refractivity contribution < 1.29 is 15.1 Å². The van der Waals surface area contributed by atoms with Gasteiger partial charge in [0, 0.05) is 11.6 Å². The zero-order valence-electron chi connectivity index (χ0n) is 10.3. The lowest BCUT2D eigenvalue weighted by Crippen LogP contribution is -2.05. The van der Waals surface area contributed by atoms with Gasteiger partial charge < -0.3 is 21.7 Å². The van der Waals surface area contributed by atoms with Crippen molar-refractivity contribution in [3.63, 3.8) is 0 Å². The molecule has 106 valence electrons. The average molecular weight is 288 g/mol. The molecule has 2 rings (SSSR count). The summed E-state index contributed by atoms with van der Waals surface area (Å²) in [5.74, 6) is -2.07. The van der Waals surface area contributed by atoms with E-state index in [0.717, 1.165) is 12.1 Å². The Morgan fingerprint density at radius 3 is 2.52 bits per heavy atom. The van der Waals surface area contributed by atoms with Crippen LogP contribution in [0.2, 0.25) is 0 Å². The number of phenolic OH excluding ortho intramolecular Hbond substituents is 2. The first-order chi connectivity index (χ1) is 9.85. The molecule has 0 aliphatic rings. The number of benzene rings is 1. The molecule has 0 bridgehead atoms. The molecule has 10 nitrogen and oxygen atoms in total. The van der Waals surface area contributed by atoms with Gasteiger partial charge in [0.1, 0.15) is 17.5 Å². The predicted molar refractivity (Wildman–Crippen MR) is 71.0 cm³/mol. The number of rotatable bonds is 2. The Hall–Kier alpha value is -3.61. The minimum absolute atomic E-state index is 0.00523. The number of phenols is 2. The van der Waals surface area contributed by atoms with E-state index in [-0.39, 0.29) is 28.6 Å². The van der Waals surface area contributed by atoms with E-state index < -0.39 is 22.1 Å². The zero-order valence-corrected chi connectivity index (χ0v) is 10.3. The van der Waals surface area contributed by atoms with E-state index in [9.17, 15) is 20.3 Å². The molecule has 0 aliphatic carbocycles. The van der Waals surface area contributed by atoms with E-state index in [0.29, 0.717) is 0 Å². The van der Waals surface area contributed by atoms with E-state index >= 15 is 0 Å². The van der Waals surface area contributed by atoms with Gasteiger partial charge in [0.2, 0.25) is 11.7 Å². The number of aromatic hydroxyl groups is 2. The second kappa shape index (κ2) is 4.82. The zero-order chi connectivity index (χ0) is 15.7. The number of anilines is 2. The largest absolute Gasteiger partial charge is 0.504 e. The van der Waals surface area contributed by atoms with Crippen molar-refractivity contribution in [2.45, 2.75) is 0 Å². The van der Waals surface area contributed by atoms with E-state index in [1.807, 2.05) is 0 Å². The highest BCUT2D eigenvalue weighted by molar-refractivity contribution is 5.77. The smallest absolute Gasteiger partial charge is 0.315 e. The third kappa shape index (κ3) is 2.30. The fourth-order valence-electron chi connectivity index (χ4n) is 1.70. The van der Waals surface area contributed by atoms with E-state index in [1.165, 1.54) is 0 Å². The maximum atomic E-state index is 10.8. The summed E-state index contributed by atoms with van der Waals surface area (Å²) in [5, 5.41) is 38.9. The molecule has 0 saturated heterocycles. The normalized spacial score (nSPS) is 10.0. The molecule has 10 heteroatoms. The van der Waals surface area contributed by atoms with Crippen molar-refractivity contribution >= 4 is 17.5 Å². The number of nitrogen functional groups attached to an aromatic ring is 2. The van der Waals surface area contributed by atoms with Crippen LogP contribution in [0.1, 0.15) is 5.56 Å². The van der Waals surface area contributed by atoms with Gasteiger partial charge in [-0.25, -0.2) is 4.98 Å². The lowest BCUT2D eigenvalue weighted by molar-refractivity contribution is -0.385. The Morgan fingerprint density at radius 2 is 1.95 bits per heavy atom. The summed E-state index contributed by atoms with van der Waals surface area (Å²) in [6.45, 7) is 0. The molecule has 0 unspecified atom stereocenters. The predicted octanol–water partition coefficient (Wildman–Crippen LogP) is 0.499. The SMILES string of the molecule is N#Cc1c(N)nc(N)nc1-c1cc(O)c(O)c([N+](=O)[O-])c1. The van der Waals surface area contributed by atoms with Crippen LogP contribution in [0.4, 0.5) is 17.5 Å². The number of nitro groups is 1. The summed E-state index contributed by atoms with van der Waals surface area (Å²) < 4.78 is 0. The first kappa shape index (κ1) is 13.8. The maximum absolute atomic E-state index is 10.8. The van der Waals surface area contributed by atoms with Gasteiger partial charge in [0.15, 0.2) is 5.75 Å². The van der Waals surface area contributed by atoms with E-state index in [1.54, 1.807) is 6.07 Å². The highest BCUT2D eigenvalue weighted by Crippen LogP contribution is 2.40. The van der Waals surface area contributed by atoms with Crippen LogP contribution in [-0.4, -0.2) is 25.1 Å². The Labute approximate surface area is 117 Å². The highest BCUT2D eigenvalue weighted by atomic mass is 16.6. The van der Waals surface area contributed by atoms with Gasteiger partial charge in [-0.05, 0) is 6.07 Å². The van der Waals surface area contributed by atoms with Crippen LogP contribution in [0.15, 0.2) is 12.1 Å².